The van der Waals surface area contributed by atoms with Gasteiger partial charge in [-0.2, -0.15) is 0 Å². The van der Waals surface area contributed by atoms with Gasteiger partial charge in [0.15, 0.2) is 0 Å². The van der Waals surface area contributed by atoms with Crippen LogP contribution in [0.4, 0.5) is 0 Å². The molecule has 0 aliphatic carbocycles. The van der Waals surface area contributed by atoms with Crippen LogP contribution in [0.15, 0.2) is 18.2 Å². The first-order valence-corrected chi connectivity index (χ1v) is 7.48. The summed E-state index contributed by atoms with van der Waals surface area (Å²) < 4.78 is 6.03. The minimum atomic E-state index is -0.00629. The largest absolute Gasteiger partial charge is 0.374 e. The highest BCUT2D eigenvalue weighted by Gasteiger charge is 2.37. The zero-order valence-corrected chi connectivity index (χ0v) is 12.8. The van der Waals surface area contributed by atoms with Crippen LogP contribution < -0.4 is 5.32 Å². The molecule has 2 rings (SSSR count). The molecule has 2 atom stereocenters. The third-order valence-electron chi connectivity index (χ3n) is 4.16. The van der Waals surface area contributed by atoms with Gasteiger partial charge < -0.3 is 10.1 Å². The van der Waals surface area contributed by atoms with Gasteiger partial charge in [0, 0.05) is 12.6 Å². The molecule has 1 aromatic rings. The third-order valence-corrected chi connectivity index (χ3v) is 4.16. The summed E-state index contributed by atoms with van der Waals surface area (Å²) in [5.74, 6) is 0. The van der Waals surface area contributed by atoms with E-state index in [4.69, 9.17) is 4.74 Å². The van der Waals surface area contributed by atoms with Crippen molar-refractivity contribution in [1.82, 2.24) is 5.32 Å². The topological polar surface area (TPSA) is 21.3 Å². The Bertz CT molecular complexity index is 401. The standard InChI is InChI=1S/C17H27NO/c1-5-18-16(17(4)7-6-8-19-17)12-15-10-13(2)9-14(3)11-15/h9-11,16,18H,5-8,12H2,1-4H3. The van der Waals surface area contributed by atoms with Gasteiger partial charge in [-0.1, -0.05) is 36.2 Å². The molecule has 0 radical (unpaired) electrons. The molecular formula is C17H27NO. The van der Waals surface area contributed by atoms with Gasteiger partial charge in [-0.3, -0.25) is 0 Å². The van der Waals surface area contributed by atoms with Gasteiger partial charge in [0.2, 0.25) is 0 Å². The Balaban J connectivity index is 2.15. The Kier molecular flexibility index (Phi) is 4.64. The van der Waals surface area contributed by atoms with Gasteiger partial charge in [-0.05, 0) is 52.1 Å². The highest BCUT2D eigenvalue weighted by atomic mass is 16.5. The summed E-state index contributed by atoms with van der Waals surface area (Å²) in [7, 11) is 0. The van der Waals surface area contributed by atoms with Crippen molar-refractivity contribution in [2.24, 2.45) is 0 Å². The second-order valence-electron chi connectivity index (χ2n) is 6.08. The molecule has 1 saturated heterocycles. The molecule has 2 unspecified atom stereocenters. The average molecular weight is 261 g/mol. The van der Waals surface area contributed by atoms with Crippen LogP contribution in [0, 0.1) is 13.8 Å². The number of rotatable bonds is 5. The van der Waals surface area contributed by atoms with Crippen LogP contribution in [0.5, 0.6) is 0 Å². The number of aryl methyl sites for hydroxylation is 2. The first kappa shape index (κ1) is 14.5. The van der Waals surface area contributed by atoms with E-state index in [2.05, 4.69) is 51.2 Å². The molecule has 0 saturated carbocycles. The van der Waals surface area contributed by atoms with Gasteiger partial charge in [0.05, 0.1) is 5.60 Å². The van der Waals surface area contributed by atoms with Crippen molar-refractivity contribution < 1.29 is 4.74 Å². The van der Waals surface area contributed by atoms with Crippen LogP contribution in [0.3, 0.4) is 0 Å². The summed E-state index contributed by atoms with van der Waals surface area (Å²) in [6.45, 7) is 10.7. The smallest absolute Gasteiger partial charge is 0.0810 e. The van der Waals surface area contributed by atoms with E-state index in [1.807, 2.05) is 0 Å². The number of hydrogen-bond donors (Lipinski definition) is 1. The van der Waals surface area contributed by atoms with E-state index in [9.17, 15) is 0 Å². The second-order valence-corrected chi connectivity index (χ2v) is 6.08. The van der Waals surface area contributed by atoms with Crippen molar-refractivity contribution in [3.8, 4) is 0 Å². The molecule has 1 aliphatic rings. The van der Waals surface area contributed by atoms with E-state index in [0.29, 0.717) is 6.04 Å². The quantitative estimate of drug-likeness (QED) is 0.877. The first-order valence-electron chi connectivity index (χ1n) is 7.48. The fourth-order valence-corrected chi connectivity index (χ4v) is 3.25. The van der Waals surface area contributed by atoms with Crippen molar-refractivity contribution >= 4 is 0 Å². The van der Waals surface area contributed by atoms with Gasteiger partial charge >= 0.3 is 0 Å². The molecule has 1 N–H and O–H groups in total. The Hall–Kier alpha value is -0.860. The van der Waals surface area contributed by atoms with Gasteiger partial charge in [0.25, 0.3) is 0 Å². The number of nitrogens with one attached hydrogen (secondary N) is 1. The van der Waals surface area contributed by atoms with Crippen molar-refractivity contribution in [3.05, 3.63) is 34.9 Å². The molecule has 0 amide bonds. The van der Waals surface area contributed by atoms with E-state index in [1.54, 1.807) is 0 Å². The van der Waals surface area contributed by atoms with E-state index < -0.39 is 0 Å². The number of hydrogen-bond acceptors (Lipinski definition) is 2. The lowest BCUT2D eigenvalue weighted by atomic mass is 9.87. The summed E-state index contributed by atoms with van der Waals surface area (Å²) in [4.78, 5) is 0. The molecule has 1 fully saturated rings. The van der Waals surface area contributed by atoms with Crippen LogP contribution in [0.1, 0.15) is 43.4 Å². The van der Waals surface area contributed by atoms with Crippen LogP contribution in [0.25, 0.3) is 0 Å². The zero-order valence-electron chi connectivity index (χ0n) is 12.8. The molecule has 1 heterocycles. The maximum Gasteiger partial charge on any atom is 0.0810 e. The molecule has 0 bridgehead atoms. The average Bonchev–Trinajstić information content (AvgIpc) is 2.75. The maximum atomic E-state index is 6.03. The van der Waals surface area contributed by atoms with Gasteiger partial charge in [-0.15, -0.1) is 0 Å². The van der Waals surface area contributed by atoms with Crippen LogP contribution in [-0.2, 0) is 11.2 Å². The molecule has 1 aromatic carbocycles. The lowest BCUT2D eigenvalue weighted by Gasteiger charge is -2.34. The summed E-state index contributed by atoms with van der Waals surface area (Å²) in [6.07, 6.45) is 3.40. The van der Waals surface area contributed by atoms with Crippen molar-refractivity contribution in [3.63, 3.8) is 0 Å². The SMILES string of the molecule is CCNC(Cc1cc(C)cc(C)c1)C1(C)CCCO1. The molecule has 0 spiro atoms. The monoisotopic (exact) mass is 261 g/mol. The minimum absolute atomic E-state index is 0.00629. The van der Waals surface area contributed by atoms with Crippen LogP contribution in [-0.4, -0.2) is 24.8 Å². The summed E-state index contributed by atoms with van der Waals surface area (Å²) in [6, 6.07) is 7.24. The lowest BCUT2D eigenvalue weighted by molar-refractivity contribution is -0.0110. The minimum Gasteiger partial charge on any atom is -0.374 e. The lowest BCUT2D eigenvalue weighted by Crippen LogP contribution is -2.49. The van der Waals surface area contributed by atoms with Gasteiger partial charge in [-0.25, -0.2) is 0 Å². The molecule has 2 heteroatoms. The summed E-state index contributed by atoms with van der Waals surface area (Å²) in [5.41, 5.74) is 4.11. The molecule has 2 nitrogen and oxygen atoms in total. The van der Waals surface area contributed by atoms with E-state index in [0.717, 1.165) is 26.0 Å². The fourth-order valence-electron chi connectivity index (χ4n) is 3.25. The van der Waals surface area contributed by atoms with Crippen LogP contribution >= 0.6 is 0 Å². The summed E-state index contributed by atoms with van der Waals surface area (Å²) >= 11 is 0. The van der Waals surface area contributed by atoms with Crippen molar-refractivity contribution in [1.29, 1.82) is 0 Å². The highest BCUT2D eigenvalue weighted by molar-refractivity contribution is 5.29. The zero-order chi connectivity index (χ0) is 13.9. The molecule has 19 heavy (non-hydrogen) atoms. The number of ether oxygens (including phenoxy) is 1. The molecule has 106 valence electrons. The van der Waals surface area contributed by atoms with Crippen LogP contribution in [0.2, 0.25) is 0 Å². The molecular weight excluding hydrogens is 234 g/mol. The van der Waals surface area contributed by atoms with E-state index >= 15 is 0 Å². The number of likely N-dealkylation sites (N-methyl/N-ethyl adjacent to an activating group) is 1. The Morgan fingerprint density at radius 1 is 1.26 bits per heavy atom. The highest BCUT2D eigenvalue weighted by Crippen LogP contribution is 2.30. The Morgan fingerprint density at radius 2 is 1.95 bits per heavy atom. The predicted octanol–water partition coefficient (Wildman–Crippen LogP) is 3.39. The fraction of sp³-hybridized carbons (Fsp3) is 0.647. The summed E-state index contributed by atoms with van der Waals surface area (Å²) in [5, 5.41) is 3.63. The maximum absolute atomic E-state index is 6.03. The predicted molar refractivity (Wildman–Crippen MR) is 80.7 cm³/mol. The van der Waals surface area contributed by atoms with E-state index in [-0.39, 0.29) is 5.60 Å². The van der Waals surface area contributed by atoms with Gasteiger partial charge in [0.1, 0.15) is 0 Å². The molecule has 0 aromatic heterocycles. The second kappa shape index (κ2) is 6.06. The van der Waals surface area contributed by atoms with Crippen molar-refractivity contribution in [2.45, 2.75) is 58.6 Å². The third kappa shape index (κ3) is 3.58. The first-order chi connectivity index (χ1) is 9.03. The Morgan fingerprint density at radius 3 is 2.47 bits per heavy atom. The molecule has 1 aliphatic heterocycles. The normalized spacial score (nSPS) is 24.6. The number of benzene rings is 1. The Labute approximate surface area is 117 Å². The van der Waals surface area contributed by atoms with E-state index in [1.165, 1.54) is 23.1 Å². The van der Waals surface area contributed by atoms with Crippen molar-refractivity contribution in [2.75, 3.05) is 13.2 Å².